The Morgan fingerprint density at radius 1 is 1.47 bits per heavy atom. The maximum atomic E-state index is 12.7. The molecule has 1 aliphatic rings. The third-order valence-corrected chi connectivity index (χ3v) is 7.13. The van der Waals surface area contributed by atoms with E-state index < -0.39 is 10.0 Å². The lowest BCUT2D eigenvalue weighted by atomic mass is 9.95. The second kappa shape index (κ2) is 5.52. The molecule has 0 aromatic carbocycles. The zero-order valence-electron chi connectivity index (χ0n) is 11.7. The summed E-state index contributed by atoms with van der Waals surface area (Å²) in [6.45, 7) is 7.06. The molecule has 2 N–H and O–H groups in total. The van der Waals surface area contributed by atoms with Gasteiger partial charge in [0.15, 0.2) is 0 Å². The van der Waals surface area contributed by atoms with Gasteiger partial charge in [-0.1, -0.05) is 6.92 Å². The highest BCUT2D eigenvalue weighted by molar-refractivity contribution is 7.89. The monoisotopic (exact) mass is 302 g/mol. The molecule has 0 amide bonds. The van der Waals surface area contributed by atoms with Gasteiger partial charge in [0.25, 0.3) is 0 Å². The number of nitrogens with zero attached hydrogens (tertiary/aromatic N) is 1. The molecule has 6 heteroatoms. The van der Waals surface area contributed by atoms with E-state index in [2.05, 4.69) is 6.92 Å². The molecule has 108 valence electrons. The topological polar surface area (TPSA) is 63.4 Å². The fourth-order valence-corrected chi connectivity index (χ4v) is 5.89. The minimum Gasteiger partial charge on any atom is -0.326 e. The van der Waals surface area contributed by atoms with Crippen molar-refractivity contribution < 1.29 is 8.42 Å². The molecule has 2 unspecified atom stereocenters. The van der Waals surface area contributed by atoms with Crippen LogP contribution < -0.4 is 5.73 Å². The number of hydrogen-bond donors (Lipinski definition) is 1. The highest BCUT2D eigenvalue weighted by atomic mass is 32.2. The van der Waals surface area contributed by atoms with E-state index in [0.29, 0.717) is 23.9 Å². The van der Waals surface area contributed by atoms with Gasteiger partial charge in [-0.15, -0.1) is 11.3 Å². The van der Waals surface area contributed by atoms with Gasteiger partial charge in [-0.05, 0) is 38.7 Å². The molecule has 0 spiro atoms. The van der Waals surface area contributed by atoms with Crippen LogP contribution in [0.4, 0.5) is 0 Å². The van der Waals surface area contributed by atoms with Crippen LogP contribution in [0.2, 0.25) is 0 Å². The van der Waals surface area contributed by atoms with Crippen molar-refractivity contribution in [2.45, 2.75) is 51.1 Å². The van der Waals surface area contributed by atoms with E-state index in [1.807, 2.05) is 13.8 Å². The Hall–Kier alpha value is -0.430. The first-order valence-corrected chi connectivity index (χ1v) is 8.93. The highest BCUT2D eigenvalue weighted by Crippen LogP contribution is 2.32. The zero-order valence-corrected chi connectivity index (χ0v) is 13.4. The lowest BCUT2D eigenvalue weighted by molar-refractivity contribution is 0.220. The maximum Gasteiger partial charge on any atom is 0.244 e. The predicted octanol–water partition coefficient (Wildman–Crippen LogP) is 2.32. The van der Waals surface area contributed by atoms with Crippen LogP contribution in [-0.2, 0) is 16.6 Å². The van der Waals surface area contributed by atoms with Crippen molar-refractivity contribution in [3.05, 3.63) is 15.8 Å². The van der Waals surface area contributed by atoms with Crippen LogP contribution in [0.5, 0.6) is 0 Å². The summed E-state index contributed by atoms with van der Waals surface area (Å²) < 4.78 is 27.1. The Labute approximate surface area is 119 Å². The molecule has 4 nitrogen and oxygen atoms in total. The van der Waals surface area contributed by atoms with Crippen molar-refractivity contribution in [2.24, 2.45) is 11.7 Å². The van der Waals surface area contributed by atoms with Crippen LogP contribution in [0.15, 0.2) is 11.0 Å². The molecule has 0 bridgehead atoms. The number of aryl methyl sites for hydroxylation is 1. The quantitative estimate of drug-likeness (QED) is 0.932. The Morgan fingerprint density at radius 2 is 2.16 bits per heavy atom. The number of sulfonamides is 1. The van der Waals surface area contributed by atoms with Crippen LogP contribution in [0, 0.1) is 12.8 Å². The van der Waals surface area contributed by atoms with Gasteiger partial charge >= 0.3 is 0 Å². The number of nitrogens with two attached hydrogens (primary N) is 1. The minimum absolute atomic E-state index is 0.0781. The van der Waals surface area contributed by atoms with Gasteiger partial charge in [-0.3, -0.25) is 0 Å². The third kappa shape index (κ3) is 2.86. The molecule has 19 heavy (non-hydrogen) atoms. The highest BCUT2D eigenvalue weighted by Gasteiger charge is 2.34. The van der Waals surface area contributed by atoms with Crippen LogP contribution in [0.25, 0.3) is 0 Å². The first-order valence-electron chi connectivity index (χ1n) is 6.67. The second-order valence-electron chi connectivity index (χ2n) is 5.43. The molecular formula is C13H22N2O2S2. The van der Waals surface area contributed by atoms with E-state index in [-0.39, 0.29) is 6.04 Å². The van der Waals surface area contributed by atoms with Gasteiger partial charge < -0.3 is 5.73 Å². The van der Waals surface area contributed by atoms with E-state index in [9.17, 15) is 8.42 Å². The summed E-state index contributed by atoms with van der Waals surface area (Å²) in [6, 6.07) is 1.81. The molecule has 1 aromatic rings. The molecule has 1 fully saturated rings. The molecule has 0 aliphatic carbocycles. The summed E-state index contributed by atoms with van der Waals surface area (Å²) >= 11 is 1.48. The van der Waals surface area contributed by atoms with E-state index >= 15 is 0 Å². The summed E-state index contributed by atoms with van der Waals surface area (Å²) in [5, 5.41) is 0. The Balaban J connectivity index is 2.34. The Bertz CT molecular complexity index is 551. The number of hydrogen-bond acceptors (Lipinski definition) is 4. The van der Waals surface area contributed by atoms with Gasteiger partial charge in [0.2, 0.25) is 10.0 Å². The normalized spacial score (nSPS) is 25.7. The number of rotatable bonds is 3. The van der Waals surface area contributed by atoms with Gasteiger partial charge in [0.1, 0.15) is 0 Å². The number of thiophene rings is 1. The fraction of sp³-hybridized carbons (Fsp3) is 0.692. The van der Waals surface area contributed by atoms with E-state index in [1.54, 1.807) is 10.4 Å². The lowest BCUT2D eigenvalue weighted by Gasteiger charge is -2.35. The molecule has 1 aromatic heterocycles. The summed E-state index contributed by atoms with van der Waals surface area (Å²) in [5.74, 6) is 0.602. The van der Waals surface area contributed by atoms with Crippen LogP contribution in [0.3, 0.4) is 0 Å². The fourth-order valence-electron chi connectivity index (χ4n) is 2.75. The van der Waals surface area contributed by atoms with Crippen LogP contribution in [0.1, 0.15) is 36.4 Å². The first kappa shape index (κ1) is 15.0. The predicted molar refractivity (Wildman–Crippen MR) is 78.7 cm³/mol. The van der Waals surface area contributed by atoms with Crippen molar-refractivity contribution in [1.82, 2.24) is 4.31 Å². The Morgan fingerprint density at radius 3 is 2.68 bits per heavy atom. The smallest absolute Gasteiger partial charge is 0.244 e. The van der Waals surface area contributed by atoms with Crippen molar-refractivity contribution in [3.63, 3.8) is 0 Å². The maximum absolute atomic E-state index is 12.7. The SMILES string of the molecule is Cc1sc(CN)cc1S(=O)(=O)N1CCC(C)CC1C. The van der Waals surface area contributed by atoms with Gasteiger partial charge in [0, 0.05) is 28.9 Å². The number of piperidine rings is 1. The third-order valence-electron chi connectivity index (χ3n) is 3.79. The largest absolute Gasteiger partial charge is 0.326 e. The summed E-state index contributed by atoms with van der Waals surface area (Å²) in [5.41, 5.74) is 5.60. The van der Waals surface area contributed by atoms with Crippen molar-refractivity contribution in [1.29, 1.82) is 0 Å². The molecular weight excluding hydrogens is 280 g/mol. The average molecular weight is 302 g/mol. The van der Waals surface area contributed by atoms with E-state index in [0.717, 1.165) is 22.6 Å². The van der Waals surface area contributed by atoms with Gasteiger partial charge in [-0.25, -0.2) is 8.42 Å². The lowest BCUT2D eigenvalue weighted by Crippen LogP contribution is -2.44. The molecule has 2 atom stereocenters. The van der Waals surface area contributed by atoms with Gasteiger partial charge in [-0.2, -0.15) is 4.31 Å². The molecule has 0 saturated carbocycles. The van der Waals surface area contributed by atoms with Crippen molar-refractivity contribution in [2.75, 3.05) is 6.54 Å². The van der Waals surface area contributed by atoms with Crippen LogP contribution >= 0.6 is 11.3 Å². The molecule has 1 aliphatic heterocycles. The zero-order chi connectivity index (χ0) is 14.2. The summed E-state index contributed by atoms with van der Waals surface area (Å²) in [6.07, 6.45) is 1.88. The van der Waals surface area contributed by atoms with Crippen molar-refractivity contribution in [3.8, 4) is 0 Å². The Kier molecular flexibility index (Phi) is 4.35. The molecule has 1 saturated heterocycles. The minimum atomic E-state index is -3.37. The van der Waals surface area contributed by atoms with E-state index in [1.165, 1.54) is 11.3 Å². The van der Waals surface area contributed by atoms with E-state index in [4.69, 9.17) is 5.73 Å². The summed E-state index contributed by atoms with van der Waals surface area (Å²) in [7, 11) is -3.37. The first-order chi connectivity index (χ1) is 8.86. The molecule has 2 heterocycles. The second-order valence-corrected chi connectivity index (χ2v) is 8.63. The molecule has 2 rings (SSSR count). The van der Waals surface area contributed by atoms with Crippen LogP contribution in [-0.4, -0.2) is 25.3 Å². The summed E-state index contributed by atoms with van der Waals surface area (Å²) in [4.78, 5) is 2.21. The van der Waals surface area contributed by atoms with Crippen molar-refractivity contribution >= 4 is 21.4 Å². The average Bonchev–Trinajstić information content (AvgIpc) is 2.70. The molecule has 0 radical (unpaired) electrons. The van der Waals surface area contributed by atoms with Gasteiger partial charge in [0.05, 0.1) is 4.90 Å². The standard InChI is InChI=1S/C13H22N2O2S2/c1-9-4-5-15(10(2)6-9)19(16,17)13-7-12(8-14)18-11(13)3/h7,9-10H,4-6,8,14H2,1-3H3.